The maximum absolute atomic E-state index is 11.3. The number of hydrogen-bond acceptors (Lipinski definition) is 4. The van der Waals surface area contributed by atoms with Crippen LogP contribution in [0.3, 0.4) is 0 Å². The van der Waals surface area contributed by atoms with Gasteiger partial charge in [-0.25, -0.2) is 9.36 Å². The van der Waals surface area contributed by atoms with Crippen molar-refractivity contribution in [3.8, 4) is 6.01 Å². The van der Waals surface area contributed by atoms with Crippen molar-refractivity contribution >= 4 is 17.3 Å². The zero-order valence-corrected chi connectivity index (χ0v) is 8.17. The Morgan fingerprint density at radius 3 is 2.77 bits per heavy atom. The third kappa shape index (κ3) is 1.69. The van der Waals surface area contributed by atoms with Crippen molar-refractivity contribution in [3.05, 3.63) is 10.5 Å². The Kier molecular flexibility index (Phi) is 2.66. The van der Waals surface area contributed by atoms with E-state index in [1.165, 1.54) is 11.6 Å². The molecule has 0 aromatic carbocycles. The van der Waals surface area contributed by atoms with Gasteiger partial charge in [0.1, 0.15) is 0 Å². The van der Waals surface area contributed by atoms with Gasteiger partial charge in [0.15, 0.2) is 5.11 Å². The standard InChI is InChI=1S/C6H10N4O2S/c1-3-12-5-8-10(4(7)13)6(11)9(5)2/h3H2,1-2H3,(H2,7,13). The van der Waals surface area contributed by atoms with Crippen LogP contribution in [-0.2, 0) is 7.05 Å². The first-order chi connectivity index (χ1) is 6.07. The molecule has 0 aliphatic heterocycles. The largest absolute Gasteiger partial charge is 0.464 e. The summed E-state index contributed by atoms with van der Waals surface area (Å²) in [5, 5.41) is 3.69. The molecule has 0 unspecified atom stereocenters. The van der Waals surface area contributed by atoms with Gasteiger partial charge in [0.2, 0.25) is 0 Å². The number of thiocarbonyl (C=S) groups is 1. The van der Waals surface area contributed by atoms with Gasteiger partial charge in [0.05, 0.1) is 6.61 Å². The molecule has 0 atom stereocenters. The highest BCUT2D eigenvalue weighted by Gasteiger charge is 2.11. The molecule has 1 aromatic heterocycles. The Hall–Kier alpha value is -1.37. The Labute approximate surface area is 79.9 Å². The molecular formula is C6H10N4O2S. The second-order valence-corrected chi connectivity index (χ2v) is 2.73. The molecule has 1 heterocycles. The molecule has 7 heteroatoms. The van der Waals surface area contributed by atoms with Crippen LogP contribution in [0.4, 0.5) is 0 Å². The molecule has 1 aromatic rings. The fourth-order valence-corrected chi connectivity index (χ4v) is 0.937. The highest BCUT2D eigenvalue weighted by atomic mass is 32.1. The van der Waals surface area contributed by atoms with Crippen molar-refractivity contribution in [1.29, 1.82) is 0 Å². The number of hydrogen-bond donors (Lipinski definition) is 1. The lowest BCUT2D eigenvalue weighted by molar-refractivity contribution is 0.299. The van der Waals surface area contributed by atoms with Crippen molar-refractivity contribution < 1.29 is 4.74 Å². The van der Waals surface area contributed by atoms with Crippen LogP contribution in [0.5, 0.6) is 6.01 Å². The van der Waals surface area contributed by atoms with Gasteiger partial charge in [-0.3, -0.25) is 0 Å². The minimum atomic E-state index is -0.407. The van der Waals surface area contributed by atoms with Crippen molar-refractivity contribution in [2.24, 2.45) is 12.8 Å². The van der Waals surface area contributed by atoms with Gasteiger partial charge in [0.25, 0.3) is 0 Å². The predicted octanol–water partition coefficient (Wildman–Crippen LogP) is -0.928. The van der Waals surface area contributed by atoms with Crippen LogP contribution in [0.15, 0.2) is 4.79 Å². The molecule has 0 amide bonds. The first-order valence-corrected chi connectivity index (χ1v) is 4.07. The molecule has 2 N–H and O–H groups in total. The molecule has 0 aliphatic carbocycles. The van der Waals surface area contributed by atoms with Crippen molar-refractivity contribution in [2.75, 3.05) is 6.61 Å². The lowest BCUT2D eigenvalue weighted by Crippen LogP contribution is -2.32. The number of rotatable bonds is 2. The van der Waals surface area contributed by atoms with Gasteiger partial charge in [-0.15, -0.1) is 5.10 Å². The van der Waals surface area contributed by atoms with Crippen LogP contribution in [0.2, 0.25) is 0 Å². The summed E-state index contributed by atoms with van der Waals surface area (Å²) in [7, 11) is 1.54. The summed E-state index contributed by atoms with van der Waals surface area (Å²) in [6.07, 6.45) is 0. The molecular weight excluding hydrogens is 192 g/mol. The zero-order chi connectivity index (χ0) is 10.0. The van der Waals surface area contributed by atoms with E-state index in [-0.39, 0.29) is 11.1 Å². The van der Waals surface area contributed by atoms with Gasteiger partial charge in [0, 0.05) is 7.05 Å². The van der Waals surface area contributed by atoms with Gasteiger partial charge in [-0.05, 0) is 19.1 Å². The summed E-state index contributed by atoms with van der Waals surface area (Å²) in [6, 6.07) is 0.209. The van der Waals surface area contributed by atoms with E-state index in [1.807, 2.05) is 0 Å². The number of aromatic nitrogens is 3. The lowest BCUT2D eigenvalue weighted by atomic mass is 10.8. The summed E-state index contributed by atoms with van der Waals surface area (Å²) in [4.78, 5) is 11.3. The summed E-state index contributed by atoms with van der Waals surface area (Å²) in [6.45, 7) is 2.23. The van der Waals surface area contributed by atoms with Gasteiger partial charge >= 0.3 is 11.7 Å². The van der Waals surface area contributed by atoms with Crippen LogP contribution in [0, 0.1) is 0 Å². The Bertz CT molecular complexity index is 380. The van der Waals surface area contributed by atoms with Gasteiger partial charge in [-0.1, -0.05) is 0 Å². The molecule has 0 radical (unpaired) electrons. The maximum Gasteiger partial charge on any atom is 0.355 e. The highest BCUT2D eigenvalue weighted by Crippen LogP contribution is 1.99. The average Bonchev–Trinajstić information content (AvgIpc) is 2.33. The minimum absolute atomic E-state index is 0.0912. The zero-order valence-electron chi connectivity index (χ0n) is 7.35. The Balaban J connectivity index is 3.20. The first kappa shape index (κ1) is 9.72. The monoisotopic (exact) mass is 202 g/mol. The van der Waals surface area contributed by atoms with Crippen LogP contribution < -0.4 is 16.2 Å². The van der Waals surface area contributed by atoms with Gasteiger partial charge < -0.3 is 10.5 Å². The summed E-state index contributed by atoms with van der Waals surface area (Å²) in [5.74, 6) is 0. The molecule has 0 spiro atoms. The van der Waals surface area contributed by atoms with Crippen molar-refractivity contribution in [1.82, 2.24) is 14.3 Å². The molecule has 0 saturated carbocycles. The van der Waals surface area contributed by atoms with E-state index in [0.717, 1.165) is 4.68 Å². The van der Waals surface area contributed by atoms with Crippen molar-refractivity contribution in [2.45, 2.75) is 6.92 Å². The smallest absolute Gasteiger partial charge is 0.355 e. The van der Waals surface area contributed by atoms with Crippen LogP contribution in [0.25, 0.3) is 0 Å². The highest BCUT2D eigenvalue weighted by molar-refractivity contribution is 7.80. The van der Waals surface area contributed by atoms with E-state index >= 15 is 0 Å². The molecule has 0 saturated heterocycles. The van der Waals surface area contributed by atoms with E-state index in [4.69, 9.17) is 10.5 Å². The van der Waals surface area contributed by atoms with E-state index in [0.29, 0.717) is 6.61 Å². The van der Waals surface area contributed by atoms with Crippen LogP contribution in [-0.4, -0.2) is 26.1 Å². The van der Waals surface area contributed by atoms with Crippen LogP contribution in [0.1, 0.15) is 6.92 Å². The van der Waals surface area contributed by atoms with E-state index in [9.17, 15) is 4.79 Å². The second kappa shape index (κ2) is 3.56. The molecule has 1 rings (SSSR count). The summed E-state index contributed by atoms with van der Waals surface area (Å²) in [5.41, 5.74) is 4.85. The Morgan fingerprint density at radius 1 is 1.77 bits per heavy atom. The molecule has 0 fully saturated rings. The van der Waals surface area contributed by atoms with E-state index in [2.05, 4.69) is 17.3 Å². The SMILES string of the molecule is CCOc1nn(C(N)=S)c(=O)n1C. The molecule has 0 aliphatic rings. The number of ether oxygens (including phenoxy) is 1. The molecule has 6 nitrogen and oxygen atoms in total. The van der Waals surface area contributed by atoms with Gasteiger partial charge in [-0.2, -0.15) is 4.68 Å². The molecule has 0 bridgehead atoms. The topological polar surface area (TPSA) is 75.1 Å². The lowest BCUT2D eigenvalue weighted by Gasteiger charge is -1.97. The molecule has 72 valence electrons. The van der Waals surface area contributed by atoms with Crippen LogP contribution >= 0.6 is 12.2 Å². The predicted molar refractivity (Wildman–Crippen MR) is 50.8 cm³/mol. The number of nitrogens with zero attached hydrogens (tertiary/aromatic N) is 3. The summed E-state index contributed by atoms with van der Waals surface area (Å²) < 4.78 is 7.22. The average molecular weight is 202 g/mol. The second-order valence-electron chi connectivity index (χ2n) is 2.31. The third-order valence-corrected chi connectivity index (χ3v) is 1.60. The third-order valence-electron chi connectivity index (χ3n) is 1.42. The minimum Gasteiger partial charge on any atom is -0.464 e. The number of nitrogens with two attached hydrogens (primary N) is 1. The first-order valence-electron chi connectivity index (χ1n) is 3.66. The normalized spacial score (nSPS) is 10.0. The van der Waals surface area contributed by atoms with E-state index < -0.39 is 5.69 Å². The fourth-order valence-electron chi connectivity index (χ4n) is 0.818. The van der Waals surface area contributed by atoms with E-state index in [1.54, 1.807) is 6.92 Å². The quantitative estimate of drug-likeness (QED) is 0.627. The maximum atomic E-state index is 11.3. The summed E-state index contributed by atoms with van der Waals surface area (Å²) >= 11 is 4.62. The van der Waals surface area contributed by atoms with Crippen molar-refractivity contribution in [3.63, 3.8) is 0 Å². The Morgan fingerprint density at radius 2 is 2.38 bits per heavy atom. The fraction of sp³-hybridized carbons (Fsp3) is 0.500. The molecule has 13 heavy (non-hydrogen) atoms.